The Balaban J connectivity index is 0.000000207. The van der Waals surface area contributed by atoms with Crippen molar-refractivity contribution in [2.75, 3.05) is 0 Å². The molecule has 8 nitrogen and oxygen atoms in total. The van der Waals surface area contributed by atoms with Crippen LogP contribution in [0.5, 0.6) is 0 Å². The van der Waals surface area contributed by atoms with Crippen LogP contribution in [0.2, 0.25) is 0 Å². The molecule has 0 amide bonds. The summed E-state index contributed by atoms with van der Waals surface area (Å²) in [5, 5.41) is 20.1. The van der Waals surface area contributed by atoms with Gasteiger partial charge in [-0.15, -0.1) is 0 Å². The van der Waals surface area contributed by atoms with Crippen molar-refractivity contribution >= 4 is 65.9 Å². The maximum absolute atomic E-state index is 8.93. The zero-order valence-corrected chi connectivity index (χ0v) is 18.7. The van der Waals surface area contributed by atoms with Crippen LogP contribution in [0.1, 0.15) is 0 Å². The first kappa shape index (κ1) is 23.0. The first-order valence-corrected chi connectivity index (χ1v) is 8.56. The van der Waals surface area contributed by atoms with Crippen molar-refractivity contribution in [2.24, 2.45) is 0 Å². The molecule has 142 valence electrons. The van der Waals surface area contributed by atoms with E-state index in [1.54, 1.807) is 12.4 Å². The van der Waals surface area contributed by atoms with Gasteiger partial charge in [0.1, 0.15) is 11.3 Å². The molecule has 2 N–H and O–H groups in total. The van der Waals surface area contributed by atoms with Crippen LogP contribution >= 0.6 is 31.9 Å². The third kappa shape index (κ3) is 6.57. The average molecular weight is 677 g/mol. The molecule has 0 spiro atoms. The molecule has 0 aliphatic rings. The number of aromatic amines is 2. The number of aliphatic carboxylic acids is 2. The summed E-state index contributed by atoms with van der Waals surface area (Å²) >= 11 is 6.79. The molecule has 0 saturated heterocycles. The maximum atomic E-state index is 8.93. The van der Waals surface area contributed by atoms with Gasteiger partial charge < -0.3 is 29.8 Å². The van der Waals surface area contributed by atoms with E-state index < -0.39 is 11.9 Å². The number of fused-ring (bicyclic) bond motifs is 2. The van der Waals surface area contributed by atoms with Gasteiger partial charge in [-0.1, -0.05) is 0 Å². The third-order valence-corrected chi connectivity index (χ3v) is 4.28. The van der Waals surface area contributed by atoms with Crippen molar-refractivity contribution < 1.29 is 40.9 Å². The van der Waals surface area contributed by atoms with Gasteiger partial charge in [0.2, 0.25) is 0 Å². The normalized spacial score (nSPS) is 9.41. The molecule has 0 radical (unpaired) electrons. The van der Waals surface area contributed by atoms with Crippen LogP contribution in [0.15, 0.2) is 58.0 Å². The second kappa shape index (κ2) is 11.0. The first-order valence-electron chi connectivity index (χ1n) is 6.97. The second-order valence-electron chi connectivity index (χ2n) is 4.65. The van der Waals surface area contributed by atoms with Crippen LogP contribution < -0.4 is 10.2 Å². The van der Waals surface area contributed by atoms with Crippen molar-refractivity contribution in [1.82, 2.24) is 19.9 Å². The van der Waals surface area contributed by atoms with E-state index in [0.29, 0.717) is 0 Å². The van der Waals surface area contributed by atoms with E-state index in [0.717, 1.165) is 31.0 Å². The monoisotopic (exact) mass is 675 g/mol. The molecule has 27 heavy (non-hydrogen) atoms. The van der Waals surface area contributed by atoms with E-state index in [1.165, 1.54) is 0 Å². The van der Waals surface area contributed by atoms with Crippen LogP contribution in [0, 0.1) is 0 Å². The molecule has 0 atom stereocenters. The molecule has 0 unspecified atom stereocenters. The predicted octanol–water partition coefficient (Wildman–Crippen LogP) is 1.13. The number of H-pyrrole nitrogens is 2. The third-order valence-electron chi connectivity index (χ3n) is 2.97. The fourth-order valence-corrected chi connectivity index (χ4v) is 2.71. The number of rotatable bonds is 0. The largest absolute Gasteiger partial charge is 2.00 e. The number of nitrogens with one attached hydrogen (secondary N) is 2. The standard InChI is InChI=1S/2C7H5BrN2.C2H2O4.Pt/c2*8-6-4-10-7-5(6)2-1-3-9-7;3-1(4)2(5)6;/h2*1-4H,(H,9,10);(H,3,4)(H,5,6);/q;;;+2/p-2. The average Bonchev–Trinajstić information content (AvgIpc) is 3.20. The Morgan fingerprint density at radius 1 is 0.815 bits per heavy atom. The van der Waals surface area contributed by atoms with E-state index >= 15 is 0 Å². The molecule has 0 aromatic carbocycles. The molecule has 0 bridgehead atoms. The smallest absolute Gasteiger partial charge is 0.543 e. The molecule has 4 aromatic heterocycles. The van der Waals surface area contributed by atoms with Gasteiger partial charge in [-0.3, -0.25) is 0 Å². The van der Waals surface area contributed by atoms with Gasteiger partial charge in [0.25, 0.3) is 0 Å². The first-order chi connectivity index (χ1) is 12.4. The molecule has 0 aliphatic heterocycles. The molecule has 11 heteroatoms. The fraction of sp³-hybridized carbons (Fsp3) is 0. The second-order valence-corrected chi connectivity index (χ2v) is 6.36. The number of hydrogen-bond acceptors (Lipinski definition) is 6. The van der Waals surface area contributed by atoms with Gasteiger partial charge in [-0.25, -0.2) is 9.97 Å². The van der Waals surface area contributed by atoms with Crippen LogP contribution in [-0.2, 0) is 30.7 Å². The number of pyridine rings is 2. The molecule has 4 aromatic rings. The minimum Gasteiger partial charge on any atom is -0.543 e. The fourth-order valence-electron chi connectivity index (χ4n) is 1.85. The summed E-state index contributed by atoms with van der Waals surface area (Å²) in [4.78, 5) is 32.1. The van der Waals surface area contributed by atoms with Crippen molar-refractivity contribution in [3.8, 4) is 0 Å². The van der Waals surface area contributed by atoms with E-state index in [9.17, 15) is 0 Å². The molecular weight excluding hydrogens is 667 g/mol. The zero-order valence-electron chi connectivity index (χ0n) is 13.2. The van der Waals surface area contributed by atoms with Crippen molar-refractivity contribution in [3.05, 3.63) is 58.0 Å². The van der Waals surface area contributed by atoms with Crippen LogP contribution in [0.25, 0.3) is 22.1 Å². The SMILES string of the molecule is Brc1c[nH]c2ncccc12.Brc1c[nH]c2ncccc12.O=C([O-])C(=O)[O-].[Pt+2]. The van der Waals surface area contributed by atoms with Crippen LogP contribution in [0.4, 0.5) is 0 Å². The van der Waals surface area contributed by atoms with Crippen LogP contribution in [-0.4, -0.2) is 31.9 Å². The Bertz CT molecular complexity index is 967. The van der Waals surface area contributed by atoms with E-state index in [2.05, 4.69) is 51.8 Å². The van der Waals surface area contributed by atoms with Crippen molar-refractivity contribution in [3.63, 3.8) is 0 Å². The van der Waals surface area contributed by atoms with E-state index in [4.69, 9.17) is 19.8 Å². The van der Waals surface area contributed by atoms with Gasteiger partial charge in [0.05, 0.1) is 11.9 Å². The summed E-state index contributed by atoms with van der Waals surface area (Å²) in [5.41, 5.74) is 1.85. The Hall–Kier alpha value is -2.03. The minimum absolute atomic E-state index is 0. The number of carbonyl (C=O) groups excluding carboxylic acids is 2. The number of nitrogens with zero attached hydrogens (tertiary/aromatic N) is 2. The number of carboxylic acids is 2. The number of hydrogen-bond donors (Lipinski definition) is 2. The Morgan fingerprint density at radius 3 is 1.48 bits per heavy atom. The van der Waals surface area contributed by atoms with Crippen molar-refractivity contribution in [1.29, 1.82) is 0 Å². The number of carboxylic acid groups (broad SMARTS) is 2. The van der Waals surface area contributed by atoms with Gasteiger partial charge in [0.15, 0.2) is 0 Å². The molecule has 0 fully saturated rings. The molecule has 0 aliphatic carbocycles. The number of halogens is 2. The number of carbonyl (C=O) groups is 2. The van der Waals surface area contributed by atoms with Gasteiger partial charge in [-0.05, 0) is 56.1 Å². The summed E-state index contributed by atoms with van der Waals surface area (Å²) < 4.78 is 2.13. The van der Waals surface area contributed by atoms with E-state index in [1.807, 2.05) is 36.7 Å². The van der Waals surface area contributed by atoms with Gasteiger partial charge in [-0.2, -0.15) is 0 Å². The summed E-state index contributed by atoms with van der Waals surface area (Å²) in [6, 6.07) is 7.87. The Kier molecular flexibility index (Phi) is 9.34. The van der Waals surface area contributed by atoms with Gasteiger partial charge >= 0.3 is 21.1 Å². The summed E-state index contributed by atoms with van der Waals surface area (Å²) in [6.45, 7) is 0. The predicted molar refractivity (Wildman–Crippen MR) is 97.6 cm³/mol. The Labute approximate surface area is 183 Å². The summed E-state index contributed by atoms with van der Waals surface area (Å²) in [5.74, 6) is -4.37. The zero-order chi connectivity index (χ0) is 19.1. The van der Waals surface area contributed by atoms with Gasteiger partial charge in [0, 0.05) is 44.5 Å². The molecular formula is C16H10Br2N4O4Pt. The number of aromatic nitrogens is 4. The maximum Gasteiger partial charge on any atom is 2.00 e. The summed E-state index contributed by atoms with van der Waals surface area (Å²) in [7, 11) is 0. The quantitative estimate of drug-likeness (QED) is 0.268. The molecule has 0 saturated carbocycles. The van der Waals surface area contributed by atoms with Crippen LogP contribution in [0.3, 0.4) is 0 Å². The molecule has 4 rings (SSSR count). The summed E-state index contributed by atoms with van der Waals surface area (Å²) in [6.07, 6.45) is 7.31. The topological polar surface area (TPSA) is 138 Å². The minimum atomic E-state index is -2.19. The van der Waals surface area contributed by atoms with Crippen molar-refractivity contribution in [2.45, 2.75) is 0 Å². The molecule has 4 heterocycles. The van der Waals surface area contributed by atoms with E-state index in [-0.39, 0.29) is 21.1 Å². The Morgan fingerprint density at radius 2 is 1.19 bits per heavy atom.